The van der Waals surface area contributed by atoms with Crippen molar-refractivity contribution in [1.82, 2.24) is 0 Å². The molecule has 0 nitrogen and oxygen atoms in total. The van der Waals surface area contributed by atoms with Crippen molar-refractivity contribution in [2.75, 3.05) is 0 Å². The highest BCUT2D eigenvalue weighted by Crippen LogP contribution is 2.37. The average molecular weight is 256 g/mol. The van der Waals surface area contributed by atoms with Gasteiger partial charge in [0.1, 0.15) is 0 Å². The Morgan fingerprint density at radius 3 is 0.950 bits per heavy atom. The lowest BCUT2D eigenvalue weighted by molar-refractivity contribution is 0.774. The van der Waals surface area contributed by atoms with E-state index in [9.17, 15) is 0 Å². The molecule has 0 aliphatic rings. The van der Waals surface area contributed by atoms with Crippen molar-refractivity contribution in [3.05, 3.63) is 115 Å². The van der Waals surface area contributed by atoms with Crippen molar-refractivity contribution in [3.8, 4) is 0 Å². The largest absolute Gasteiger partial charge is 0.0622 e. The summed E-state index contributed by atoms with van der Waals surface area (Å²) in [6.07, 6.45) is 0. The van der Waals surface area contributed by atoms with Crippen molar-refractivity contribution < 1.29 is 0 Å². The van der Waals surface area contributed by atoms with Crippen LogP contribution in [0.4, 0.5) is 0 Å². The Morgan fingerprint density at radius 1 is 0.450 bits per heavy atom. The molecule has 0 amide bonds. The predicted molar refractivity (Wildman–Crippen MR) is 83.5 cm³/mol. The Balaban J connectivity index is 2.24. The quantitative estimate of drug-likeness (QED) is 0.594. The highest BCUT2D eigenvalue weighted by atomic mass is 14.3. The summed E-state index contributed by atoms with van der Waals surface area (Å²) in [5, 5.41) is 0. The van der Waals surface area contributed by atoms with E-state index in [-0.39, 0.29) is 0 Å². The third-order valence-corrected chi connectivity index (χ3v) is 3.69. The van der Waals surface area contributed by atoms with Crippen LogP contribution >= 0.6 is 0 Å². The van der Waals surface area contributed by atoms with E-state index in [0.29, 0.717) is 0 Å². The molecular formula is C20H16. The lowest BCUT2D eigenvalue weighted by Crippen LogP contribution is -2.25. The maximum absolute atomic E-state index is 6.86. The SMILES string of the molecule is [CH]C(c1ccccc1)(c1ccccc1)c1ccccc1. The maximum Gasteiger partial charge on any atom is 0.0486 e. The molecule has 0 heterocycles. The van der Waals surface area contributed by atoms with Crippen LogP contribution in [0, 0.1) is 6.92 Å². The van der Waals surface area contributed by atoms with Crippen LogP contribution in [-0.2, 0) is 5.41 Å². The normalized spacial score (nSPS) is 11.2. The Bertz CT molecular complexity index is 558. The van der Waals surface area contributed by atoms with Crippen LogP contribution in [0.15, 0.2) is 91.0 Å². The topological polar surface area (TPSA) is 0 Å². The third kappa shape index (κ3) is 2.14. The zero-order valence-electron chi connectivity index (χ0n) is 11.2. The smallest absolute Gasteiger partial charge is 0.0486 e. The number of rotatable bonds is 3. The standard InChI is InChI=1S/C20H16/c1-20(17-11-5-2-6-12-17,18-13-7-3-8-14-18)19-15-9-4-10-16-19/h1-16H. The summed E-state index contributed by atoms with van der Waals surface area (Å²) in [6.45, 7) is 6.86. The minimum absolute atomic E-state index is 0.621. The van der Waals surface area contributed by atoms with E-state index in [1.54, 1.807) is 0 Å². The molecule has 0 N–H and O–H groups in total. The van der Waals surface area contributed by atoms with Gasteiger partial charge in [0, 0.05) is 5.41 Å². The van der Waals surface area contributed by atoms with Crippen LogP contribution in [0.2, 0.25) is 0 Å². The summed E-state index contributed by atoms with van der Waals surface area (Å²) < 4.78 is 0. The fourth-order valence-corrected chi connectivity index (χ4v) is 2.60. The minimum atomic E-state index is -0.621. The molecule has 0 aliphatic heterocycles. The first-order chi connectivity index (χ1) is 9.82. The van der Waals surface area contributed by atoms with Gasteiger partial charge in [-0.2, -0.15) is 0 Å². The van der Waals surface area contributed by atoms with Crippen LogP contribution in [0.5, 0.6) is 0 Å². The first-order valence-corrected chi connectivity index (χ1v) is 6.77. The van der Waals surface area contributed by atoms with Gasteiger partial charge in [0.15, 0.2) is 0 Å². The summed E-state index contributed by atoms with van der Waals surface area (Å²) in [6, 6.07) is 30.7. The van der Waals surface area contributed by atoms with E-state index in [1.165, 1.54) is 0 Å². The second-order valence-electron chi connectivity index (χ2n) is 4.91. The van der Waals surface area contributed by atoms with Gasteiger partial charge < -0.3 is 0 Å². The van der Waals surface area contributed by atoms with Gasteiger partial charge in [0.25, 0.3) is 0 Å². The van der Waals surface area contributed by atoms with Gasteiger partial charge in [0.2, 0.25) is 0 Å². The Hall–Kier alpha value is -2.34. The lowest BCUT2D eigenvalue weighted by atomic mass is 9.71. The van der Waals surface area contributed by atoms with Crippen molar-refractivity contribution in [2.24, 2.45) is 0 Å². The molecule has 3 rings (SSSR count). The highest BCUT2D eigenvalue weighted by Gasteiger charge is 2.30. The summed E-state index contributed by atoms with van der Waals surface area (Å²) in [5.41, 5.74) is 2.66. The summed E-state index contributed by atoms with van der Waals surface area (Å²) in [5.74, 6) is 0. The molecule has 2 radical (unpaired) electrons. The number of benzene rings is 3. The van der Waals surface area contributed by atoms with Gasteiger partial charge >= 0.3 is 0 Å². The first-order valence-electron chi connectivity index (χ1n) is 6.77. The van der Waals surface area contributed by atoms with Crippen molar-refractivity contribution in [1.29, 1.82) is 0 Å². The highest BCUT2D eigenvalue weighted by molar-refractivity contribution is 5.51. The average Bonchev–Trinajstić information content (AvgIpc) is 2.56. The van der Waals surface area contributed by atoms with E-state index >= 15 is 0 Å². The van der Waals surface area contributed by atoms with Gasteiger partial charge in [-0.15, -0.1) is 0 Å². The first kappa shape index (κ1) is 12.7. The number of hydrogen-bond acceptors (Lipinski definition) is 0. The summed E-state index contributed by atoms with van der Waals surface area (Å²) in [4.78, 5) is 0. The van der Waals surface area contributed by atoms with E-state index in [0.717, 1.165) is 16.7 Å². The van der Waals surface area contributed by atoms with Crippen molar-refractivity contribution in [2.45, 2.75) is 5.41 Å². The summed E-state index contributed by atoms with van der Waals surface area (Å²) in [7, 11) is 0. The molecule has 0 aliphatic carbocycles. The Labute approximate surface area is 120 Å². The van der Waals surface area contributed by atoms with Gasteiger partial charge in [-0.25, -0.2) is 0 Å². The van der Waals surface area contributed by atoms with E-state index in [2.05, 4.69) is 36.4 Å². The molecular weight excluding hydrogens is 240 g/mol. The Kier molecular flexibility index (Phi) is 3.39. The van der Waals surface area contributed by atoms with E-state index < -0.39 is 5.41 Å². The van der Waals surface area contributed by atoms with Crippen LogP contribution in [0.3, 0.4) is 0 Å². The maximum atomic E-state index is 6.86. The van der Waals surface area contributed by atoms with E-state index in [1.807, 2.05) is 54.6 Å². The molecule has 20 heavy (non-hydrogen) atoms. The minimum Gasteiger partial charge on any atom is -0.0622 e. The molecule has 0 atom stereocenters. The molecule has 0 bridgehead atoms. The Morgan fingerprint density at radius 2 is 0.700 bits per heavy atom. The summed E-state index contributed by atoms with van der Waals surface area (Å²) >= 11 is 0. The van der Waals surface area contributed by atoms with Gasteiger partial charge in [0.05, 0.1) is 0 Å². The fraction of sp³-hybridized carbons (Fsp3) is 0.0500. The van der Waals surface area contributed by atoms with Gasteiger partial charge in [-0.1, -0.05) is 91.0 Å². The zero-order chi connectivity index (χ0) is 13.8. The van der Waals surface area contributed by atoms with Crippen molar-refractivity contribution in [3.63, 3.8) is 0 Å². The zero-order valence-corrected chi connectivity index (χ0v) is 11.2. The molecule has 0 fully saturated rings. The van der Waals surface area contributed by atoms with Gasteiger partial charge in [-0.3, -0.25) is 0 Å². The van der Waals surface area contributed by atoms with Crippen LogP contribution in [-0.4, -0.2) is 0 Å². The van der Waals surface area contributed by atoms with Crippen LogP contribution in [0.1, 0.15) is 16.7 Å². The third-order valence-electron chi connectivity index (χ3n) is 3.69. The molecule has 0 aromatic heterocycles. The fourth-order valence-electron chi connectivity index (χ4n) is 2.60. The molecule has 0 saturated carbocycles. The lowest BCUT2D eigenvalue weighted by Gasteiger charge is -2.31. The second kappa shape index (κ2) is 5.34. The van der Waals surface area contributed by atoms with Crippen LogP contribution in [0.25, 0.3) is 0 Å². The molecule has 0 saturated heterocycles. The van der Waals surface area contributed by atoms with E-state index in [4.69, 9.17) is 6.92 Å². The molecule has 96 valence electrons. The molecule has 3 aromatic carbocycles. The molecule has 0 unspecified atom stereocenters. The number of hydrogen-bond donors (Lipinski definition) is 0. The van der Waals surface area contributed by atoms with Crippen LogP contribution < -0.4 is 0 Å². The van der Waals surface area contributed by atoms with Crippen molar-refractivity contribution >= 4 is 0 Å². The monoisotopic (exact) mass is 256 g/mol. The molecule has 3 aromatic rings. The van der Waals surface area contributed by atoms with Gasteiger partial charge in [-0.05, 0) is 23.6 Å². The second-order valence-corrected chi connectivity index (χ2v) is 4.91. The molecule has 0 heteroatoms. The molecule has 0 spiro atoms. The predicted octanol–water partition coefficient (Wildman–Crippen LogP) is 4.73.